The summed E-state index contributed by atoms with van der Waals surface area (Å²) in [7, 11) is 0. The summed E-state index contributed by atoms with van der Waals surface area (Å²) in [6.45, 7) is 9.63. The van der Waals surface area contributed by atoms with Crippen LogP contribution in [0.1, 0.15) is 49.4 Å². The van der Waals surface area contributed by atoms with Crippen LogP contribution >= 0.6 is 11.6 Å². The first-order chi connectivity index (χ1) is 18.8. The summed E-state index contributed by atoms with van der Waals surface area (Å²) in [5.74, 6) is -1.76. The molecule has 4 heterocycles. The lowest BCUT2D eigenvalue weighted by atomic mass is 9.92. The van der Waals surface area contributed by atoms with Gasteiger partial charge >= 0.3 is 5.97 Å². The zero-order valence-corrected chi connectivity index (χ0v) is 23.3. The van der Waals surface area contributed by atoms with Crippen LogP contribution < -0.4 is 9.80 Å². The highest BCUT2D eigenvalue weighted by molar-refractivity contribution is 6.31. The summed E-state index contributed by atoms with van der Waals surface area (Å²) in [6, 6.07) is 5.87. The van der Waals surface area contributed by atoms with Gasteiger partial charge in [-0.15, -0.1) is 0 Å². The lowest BCUT2D eigenvalue weighted by Gasteiger charge is -2.47. The number of aromatic nitrogens is 3. The highest BCUT2D eigenvalue weighted by Crippen LogP contribution is 2.43. The fourth-order valence-electron chi connectivity index (χ4n) is 5.34. The Morgan fingerprint density at radius 2 is 1.73 bits per heavy atom. The summed E-state index contributed by atoms with van der Waals surface area (Å²) in [5, 5.41) is 8.42. The summed E-state index contributed by atoms with van der Waals surface area (Å²) in [6.07, 6.45) is 2.88. The van der Waals surface area contributed by atoms with Crippen molar-refractivity contribution in [1.82, 2.24) is 19.9 Å². The zero-order chi connectivity index (χ0) is 29.0. The Morgan fingerprint density at radius 1 is 1.02 bits per heavy atom. The van der Waals surface area contributed by atoms with Gasteiger partial charge in [0, 0.05) is 43.5 Å². The molecule has 0 radical (unpaired) electrons. The number of piperazine rings is 1. The van der Waals surface area contributed by atoms with Crippen LogP contribution in [0, 0.1) is 11.6 Å². The van der Waals surface area contributed by atoms with E-state index in [1.807, 2.05) is 27.7 Å². The second kappa shape index (κ2) is 9.96. The number of nitrogens with zero attached hydrogens (tertiary/aromatic N) is 6. The number of fused-ring (bicyclic) bond motifs is 1. The Labute approximate surface area is 235 Å². The number of rotatable bonds is 5. The number of hydrogen-bond donors (Lipinski definition) is 1. The van der Waals surface area contributed by atoms with Gasteiger partial charge in [-0.2, -0.15) is 0 Å². The van der Waals surface area contributed by atoms with Crippen LogP contribution in [0.15, 0.2) is 36.7 Å². The number of anilines is 3. The first-order valence-corrected chi connectivity index (χ1v) is 13.2. The Morgan fingerprint density at radius 3 is 2.33 bits per heavy atom. The topological polar surface area (TPSA) is 103 Å². The zero-order valence-electron chi connectivity index (χ0n) is 22.6. The molecule has 1 amide bonds. The second-order valence-electron chi connectivity index (χ2n) is 11.4. The van der Waals surface area contributed by atoms with Crippen molar-refractivity contribution in [2.75, 3.05) is 36.0 Å². The molecule has 0 unspecified atom stereocenters. The van der Waals surface area contributed by atoms with Crippen LogP contribution in [-0.2, 0) is 16.6 Å². The average Bonchev–Trinajstić information content (AvgIpc) is 3.16. The molecule has 0 spiro atoms. The van der Waals surface area contributed by atoms with Crippen LogP contribution in [0.2, 0.25) is 5.02 Å². The third-order valence-corrected chi connectivity index (χ3v) is 7.70. The van der Waals surface area contributed by atoms with E-state index < -0.39 is 33.6 Å². The van der Waals surface area contributed by atoms with Crippen LogP contribution in [-0.4, -0.2) is 68.6 Å². The molecule has 1 fully saturated rings. The molecule has 0 bridgehead atoms. The molecule has 3 aromatic rings. The fraction of sp³-hybridized carbons (Fsp3) is 0.393. The summed E-state index contributed by atoms with van der Waals surface area (Å²) >= 11 is 5.67. The lowest BCUT2D eigenvalue weighted by molar-refractivity contribution is -0.136. The number of carboxylic acids is 1. The Hall–Kier alpha value is -3.86. The van der Waals surface area contributed by atoms with Crippen molar-refractivity contribution < 1.29 is 23.5 Å². The van der Waals surface area contributed by atoms with Crippen LogP contribution in [0.25, 0.3) is 0 Å². The number of carbonyl (C=O) groups excluding carboxylic acids is 1. The first kappa shape index (κ1) is 27.7. The normalized spacial score (nSPS) is 17.6. The predicted molar refractivity (Wildman–Crippen MR) is 146 cm³/mol. The van der Waals surface area contributed by atoms with E-state index in [4.69, 9.17) is 21.7 Å². The fourth-order valence-corrected chi connectivity index (χ4v) is 5.45. The molecule has 40 heavy (non-hydrogen) atoms. The maximum absolute atomic E-state index is 14.2. The van der Waals surface area contributed by atoms with Crippen molar-refractivity contribution in [3.8, 4) is 0 Å². The minimum absolute atomic E-state index is 0.0924. The molecule has 2 aliphatic heterocycles. The monoisotopic (exact) mass is 570 g/mol. The van der Waals surface area contributed by atoms with E-state index in [0.29, 0.717) is 49.1 Å². The van der Waals surface area contributed by atoms with E-state index in [0.717, 1.165) is 12.1 Å². The van der Waals surface area contributed by atoms with Gasteiger partial charge in [0.25, 0.3) is 5.91 Å². The highest BCUT2D eigenvalue weighted by Gasteiger charge is 2.42. The van der Waals surface area contributed by atoms with Gasteiger partial charge in [0.2, 0.25) is 0 Å². The number of pyridine rings is 1. The molecule has 9 nitrogen and oxygen atoms in total. The maximum atomic E-state index is 14.2. The molecule has 12 heteroatoms. The van der Waals surface area contributed by atoms with Crippen LogP contribution in [0.3, 0.4) is 0 Å². The first-order valence-electron chi connectivity index (χ1n) is 12.8. The van der Waals surface area contributed by atoms with Crippen LogP contribution in [0.4, 0.5) is 26.1 Å². The molecule has 5 rings (SSSR count). The average molecular weight is 571 g/mol. The third-order valence-electron chi connectivity index (χ3n) is 7.34. The number of amides is 1. The third kappa shape index (κ3) is 5.05. The Bertz CT molecular complexity index is 1470. The van der Waals surface area contributed by atoms with Gasteiger partial charge in [0.1, 0.15) is 28.2 Å². The van der Waals surface area contributed by atoms with Crippen LogP contribution in [0.5, 0.6) is 0 Å². The van der Waals surface area contributed by atoms with Gasteiger partial charge in [-0.25, -0.2) is 23.7 Å². The van der Waals surface area contributed by atoms with E-state index >= 15 is 0 Å². The van der Waals surface area contributed by atoms with Crippen molar-refractivity contribution in [3.05, 3.63) is 70.3 Å². The minimum Gasteiger partial charge on any atom is -0.481 e. The molecule has 0 aliphatic carbocycles. The molecule has 1 aromatic carbocycles. The van der Waals surface area contributed by atoms with Crippen molar-refractivity contribution in [1.29, 1.82) is 0 Å². The van der Waals surface area contributed by atoms with Crippen molar-refractivity contribution in [2.24, 2.45) is 0 Å². The molecule has 2 aliphatic rings. The summed E-state index contributed by atoms with van der Waals surface area (Å²) < 4.78 is 28.4. The molecule has 2 aromatic heterocycles. The smallest absolute Gasteiger partial charge is 0.307 e. The molecular formula is C28H29ClF2N6O3. The second-order valence-corrected chi connectivity index (χ2v) is 11.8. The van der Waals surface area contributed by atoms with E-state index in [1.54, 1.807) is 28.1 Å². The number of hydrogen-bond acceptors (Lipinski definition) is 7. The number of carbonyl (C=O) groups is 2. The Kier molecular flexibility index (Phi) is 6.89. The quantitative estimate of drug-likeness (QED) is 0.444. The summed E-state index contributed by atoms with van der Waals surface area (Å²) in [5.41, 5.74) is 0.528. The van der Waals surface area contributed by atoms with Gasteiger partial charge in [-0.1, -0.05) is 31.5 Å². The van der Waals surface area contributed by atoms with Crippen molar-refractivity contribution in [3.63, 3.8) is 0 Å². The number of aliphatic carboxylic acids is 1. The van der Waals surface area contributed by atoms with Crippen molar-refractivity contribution in [2.45, 2.75) is 45.1 Å². The van der Waals surface area contributed by atoms with Gasteiger partial charge in [-0.05, 0) is 37.6 Å². The van der Waals surface area contributed by atoms with E-state index in [1.165, 1.54) is 6.20 Å². The number of benzene rings is 1. The molecule has 1 saturated heterocycles. The SMILES string of the molecule is CC1(C)CN(c2cc(F)c(Cl)c(F)c2)c2ncc(C(=O)N3CCN(c4ccc(CC(=O)O)cn4)CC3(C)C)nc21. The lowest BCUT2D eigenvalue weighted by Crippen LogP contribution is -2.61. The van der Waals surface area contributed by atoms with E-state index in [2.05, 4.69) is 14.9 Å². The van der Waals surface area contributed by atoms with Gasteiger partial charge in [0.05, 0.1) is 23.9 Å². The molecule has 0 atom stereocenters. The molecule has 0 saturated carbocycles. The van der Waals surface area contributed by atoms with Gasteiger partial charge < -0.3 is 19.8 Å². The van der Waals surface area contributed by atoms with Gasteiger partial charge in [-0.3, -0.25) is 9.59 Å². The molecule has 1 N–H and O–H groups in total. The van der Waals surface area contributed by atoms with Gasteiger partial charge in [0.15, 0.2) is 5.82 Å². The predicted octanol–water partition coefficient (Wildman–Crippen LogP) is 4.60. The number of carboxylic acid groups (broad SMARTS) is 1. The van der Waals surface area contributed by atoms with Crippen molar-refractivity contribution >= 4 is 40.8 Å². The van der Waals surface area contributed by atoms with E-state index in [-0.39, 0.29) is 23.7 Å². The number of halogens is 3. The van der Waals surface area contributed by atoms with E-state index in [9.17, 15) is 18.4 Å². The molecular weight excluding hydrogens is 542 g/mol. The molecule has 210 valence electrons. The Balaban J connectivity index is 1.37. The maximum Gasteiger partial charge on any atom is 0.307 e. The standard InChI is InChI=1S/C28H29ClF2N6O3/c1-27(2)14-36(17-10-18(30)23(29)19(31)11-17)25-24(27)34-20(13-33-25)26(40)37-8-7-35(15-28(37,3)4)21-6-5-16(12-32-21)9-22(38)39/h5-6,10-13H,7-9,14-15H2,1-4H3,(H,38,39). The summed E-state index contributed by atoms with van der Waals surface area (Å²) in [4.78, 5) is 43.8. The minimum atomic E-state index is -0.915. The largest absolute Gasteiger partial charge is 0.481 e. The highest BCUT2D eigenvalue weighted by atomic mass is 35.5.